The molecule has 2 nitrogen and oxygen atoms in total. The van der Waals surface area contributed by atoms with E-state index in [-0.39, 0.29) is 5.56 Å². The highest BCUT2D eigenvalue weighted by Gasteiger charge is 2.34. The minimum absolute atomic E-state index is 0.189. The highest BCUT2D eigenvalue weighted by molar-refractivity contribution is 5.32. The molecule has 0 spiro atoms. The van der Waals surface area contributed by atoms with Crippen molar-refractivity contribution < 1.29 is 13.2 Å². The molecule has 1 aromatic carbocycles. The molecule has 1 saturated carbocycles. The highest BCUT2D eigenvalue weighted by atomic mass is 19.4. The Morgan fingerprint density at radius 1 is 1.30 bits per heavy atom. The van der Waals surface area contributed by atoms with Crippen LogP contribution < -0.4 is 5.73 Å². The van der Waals surface area contributed by atoms with E-state index in [9.17, 15) is 13.2 Å². The van der Waals surface area contributed by atoms with Gasteiger partial charge in [-0.05, 0) is 36.9 Å². The Kier molecular flexibility index (Phi) is 4.70. The molecule has 2 rings (SSSR count). The lowest BCUT2D eigenvalue weighted by Gasteiger charge is -2.26. The van der Waals surface area contributed by atoms with E-state index < -0.39 is 17.8 Å². The topological polar surface area (TPSA) is 29.3 Å². The summed E-state index contributed by atoms with van der Waals surface area (Å²) in [5.74, 6) is 0.708. The molecule has 1 aliphatic carbocycles. The zero-order chi connectivity index (χ0) is 14.8. The number of nitrogens with two attached hydrogens (primary N) is 1. The smallest absolute Gasteiger partial charge is 0.323 e. The summed E-state index contributed by atoms with van der Waals surface area (Å²) in [5.41, 5.74) is 5.60. The molecule has 1 aromatic rings. The molecule has 0 heterocycles. The zero-order valence-electron chi connectivity index (χ0n) is 11.7. The third-order valence-corrected chi connectivity index (χ3v) is 3.78. The standard InChI is InChI=1S/C15H21F3N2/c1-2-20(9-11-7-8-11)10-14(19)12-5-3-4-6-13(12)15(16,17)18/h3-6,11,14H,2,7-10,19H2,1H3. The number of nitrogens with zero attached hydrogens (tertiary/aromatic N) is 1. The molecule has 1 atom stereocenters. The summed E-state index contributed by atoms with van der Waals surface area (Å²) in [5, 5.41) is 0. The minimum Gasteiger partial charge on any atom is -0.323 e. The summed E-state index contributed by atoms with van der Waals surface area (Å²) in [7, 11) is 0. The Bertz CT molecular complexity index is 441. The van der Waals surface area contributed by atoms with Gasteiger partial charge >= 0.3 is 6.18 Å². The second-order valence-electron chi connectivity index (χ2n) is 5.49. The van der Waals surface area contributed by atoms with E-state index in [1.807, 2.05) is 6.92 Å². The van der Waals surface area contributed by atoms with E-state index in [1.165, 1.54) is 25.0 Å². The molecule has 0 radical (unpaired) electrons. The van der Waals surface area contributed by atoms with Gasteiger partial charge in [0, 0.05) is 19.1 Å². The molecule has 1 aliphatic rings. The average molecular weight is 286 g/mol. The number of hydrogen-bond donors (Lipinski definition) is 1. The quantitative estimate of drug-likeness (QED) is 0.868. The van der Waals surface area contributed by atoms with Crippen molar-refractivity contribution >= 4 is 0 Å². The van der Waals surface area contributed by atoms with Gasteiger partial charge in [-0.15, -0.1) is 0 Å². The van der Waals surface area contributed by atoms with Crippen LogP contribution in [0.2, 0.25) is 0 Å². The van der Waals surface area contributed by atoms with Gasteiger partial charge in [0.25, 0.3) is 0 Å². The van der Waals surface area contributed by atoms with E-state index in [4.69, 9.17) is 5.73 Å². The van der Waals surface area contributed by atoms with Crippen molar-refractivity contribution in [1.29, 1.82) is 0 Å². The molecule has 0 bridgehead atoms. The normalized spacial score (nSPS) is 17.5. The van der Waals surface area contributed by atoms with Crippen LogP contribution in [0.4, 0.5) is 13.2 Å². The van der Waals surface area contributed by atoms with Gasteiger partial charge in [-0.25, -0.2) is 0 Å². The van der Waals surface area contributed by atoms with Gasteiger partial charge in [0.2, 0.25) is 0 Å². The van der Waals surface area contributed by atoms with Crippen LogP contribution in [0, 0.1) is 5.92 Å². The molecule has 1 unspecified atom stereocenters. The first kappa shape index (κ1) is 15.3. The van der Waals surface area contributed by atoms with Crippen molar-refractivity contribution in [3.8, 4) is 0 Å². The summed E-state index contributed by atoms with van der Waals surface area (Å²) in [6.07, 6.45) is -1.89. The number of likely N-dealkylation sites (N-methyl/N-ethyl adjacent to an activating group) is 1. The molecule has 0 aliphatic heterocycles. The molecule has 2 N–H and O–H groups in total. The maximum atomic E-state index is 13.0. The molecule has 1 fully saturated rings. The van der Waals surface area contributed by atoms with E-state index in [1.54, 1.807) is 6.07 Å². The Labute approximate surface area is 117 Å². The highest BCUT2D eigenvalue weighted by Crippen LogP contribution is 2.34. The van der Waals surface area contributed by atoms with Gasteiger partial charge < -0.3 is 10.6 Å². The predicted octanol–water partition coefficient (Wildman–Crippen LogP) is 3.44. The van der Waals surface area contributed by atoms with Crippen LogP contribution in [0.1, 0.15) is 36.9 Å². The Morgan fingerprint density at radius 2 is 1.95 bits per heavy atom. The van der Waals surface area contributed by atoms with Gasteiger partial charge in [0.1, 0.15) is 0 Å². The van der Waals surface area contributed by atoms with Crippen molar-refractivity contribution in [2.75, 3.05) is 19.6 Å². The van der Waals surface area contributed by atoms with Gasteiger partial charge in [-0.2, -0.15) is 13.2 Å². The largest absolute Gasteiger partial charge is 0.416 e. The predicted molar refractivity (Wildman–Crippen MR) is 73.2 cm³/mol. The van der Waals surface area contributed by atoms with Gasteiger partial charge in [-0.3, -0.25) is 0 Å². The van der Waals surface area contributed by atoms with Crippen molar-refractivity contribution in [3.63, 3.8) is 0 Å². The van der Waals surface area contributed by atoms with Crippen LogP contribution in [0.15, 0.2) is 24.3 Å². The van der Waals surface area contributed by atoms with Gasteiger partial charge in [-0.1, -0.05) is 25.1 Å². The first-order chi connectivity index (χ1) is 9.41. The zero-order valence-corrected chi connectivity index (χ0v) is 11.7. The third-order valence-electron chi connectivity index (χ3n) is 3.78. The summed E-state index contributed by atoms with van der Waals surface area (Å²) in [4.78, 5) is 2.15. The number of rotatable bonds is 6. The summed E-state index contributed by atoms with van der Waals surface area (Å²) in [6, 6.07) is 5.00. The number of alkyl halides is 3. The first-order valence-electron chi connectivity index (χ1n) is 7.06. The van der Waals surface area contributed by atoms with Gasteiger partial charge in [0.05, 0.1) is 5.56 Å². The van der Waals surface area contributed by atoms with Crippen molar-refractivity contribution in [2.24, 2.45) is 11.7 Å². The van der Waals surface area contributed by atoms with Crippen molar-refractivity contribution in [2.45, 2.75) is 32.0 Å². The second-order valence-corrected chi connectivity index (χ2v) is 5.49. The number of benzene rings is 1. The van der Waals surface area contributed by atoms with Crippen LogP contribution in [-0.2, 0) is 6.18 Å². The fourth-order valence-corrected chi connectivity index (χ4v) is 2.45. The van der Waals surface area contributed by atoms with E-state index in [0.29, 0.717) is 12.5 Å². The average Bonchev–Trinajstić information content (AvgIpc) is 3.20. The molecular weight excluding hydrogens is 265 g/mol. The SMILES string of the molecule is CCN(CC1CC1)CC(N)c1ccccc1C(F)(F)F. The van der Waals surface area contributed by atoms with Crippen molar-refractivity contribution in [1.82, 2.24) is 4.90 Å². The fraction of sp³-hybridized carbons (Fsp3) is 0.600. The van der Waals surface area contributed by atoms with E-state index in [0.717, 1.165) is 19.2 Å². The third kappa shape index (κ3) is 3.96. The van der Waals surface area contributed by atoms with E-state index in [2.05, 4.69) is 4.90 Å². The molecule has 0 amide bonds. The Balaban J connectivity index is 2.09. The lowest BCUT2D eigenvalue weighted by atomic mass is 10.00. The number of hydrogen-bond acceptors (Lipinski definition) is 2. The molecule has 112 valence electrons. The molecule has 0 aromatic heterocycles. The fourth-order valence-electron chi connectivity index (χ4n) is 2.45. The molecule has 20 heavy (non-hydrogen) atoms. The summed E-state index contributed by atoms with van der Waals surface area (Å²) < 4.78 is 38.9. The minimum atomic E-state index is -4.35. The molecular formula is C15H21F3N2. The summed E-state index contributed by atoms with van der Waals surface area (Å²) >= 11 is 0. The molecule has 5 heteroatoms. The Hall–Kier alpha value is -1.07. The maximum Gasteiger partial charge on any atom is 0.416 e. The maximum absolute atomic E-state index is 13.0. The van der Waals surface area contributed by atoms with Crippen LogP contribution in [-0.4, -0.2) is 24.5 Å². The van der Waals surface area contributed by atoms with Crippen LogP contribution in [0.5, 0.6) is 0 Å². The van der Waals surface area contributed by atoms with Crippen LogP contribution in [0.25, 0.3) is 0 Å². The van der Waals surface area contributed by atoms with Crippen LogP contribution >= 0.6 is 0 Å². The lowest BCUT2D eigenvalue weighted by Crippen LogP contribution is -2.34. The van der Waals surface area contributed by atoms with Gasteiger partial charge in [0.15, 0.2) is 0 Å². The first-order valence-corrected chi connectivity index (χ1v) is 7.06. The lowest BCUT2D eigenvalue weighted by molar-refractivity contribution is -0.138. The van der Waals surface area contributed by atoms with Crippen LogP contribution in [0.3, 0.4) is 0 Å². The summed E-state index contributed by atoms with van der Waals surface area (Å²) in [6.45, 7) is 4.25. The monoisotopic (exact) mass is 286 g/mol. The Morgan fingerprint density at radius 3 is 2.50 bits per heavy atom. The number of halogens is 3. The van der Waals surface area contributed by atoms with Crippen molar-refractivity contribution in [3.05, 3.63) is 35.4 Å². The van der Waals surface area contributed by atoms with E-state index >= 15 is 0 Å². The molecule has 0 saturated heterocycles. The second kappa shape index (κ2) is 6.14.